The van der Waals surface area contributed by atoms with Crippen LogP contribution in [0.15, 0.2) is 0 Å². The fraction of sp³-hybridized carbons (Fsp3) is 0.917. The second-order valence-corrected chi connectivity index (χ2v) is 5.01. The van der Waals surface area contributed by atoms with Crippen LogP contribution in [0.4, 0.5) is 0 Å². The molecule has 2 unspecified atom stereocenters. The van der Waals surface area contributed by atoms with Crippen LogP contribution in [-0.4, -0.2) is 25.0 Å². The van der Waals surface area contributed by atoms with E-state index in [0.29, 0.717) is 6.04 Å². The van der Waals surface area contributed by atoms with Gasteiger partial charge in [-0.25, -0.2) is 0 Å². The fourth-order valence-electron chi connectivity index (χ4n) is 2.06. The molecule has 1 saturated carbocycles. The van der Waals surface area contributed by atoms with Crippen molar-refractivity contribution in [2.75, 3.05) is 13.1 Å². The molecule has 2 N–H and O–H groups in total. The average Bonchev–Trinajstić information content (AvgIpc) is 2.58. The standard InChI is InChI=1S/C12H24N2O/c1-9(2)12(15)14-7-6-13-11-5-4-10(3)8-11/h9-11,13H,4-8H2,1-3H3,(H,14,15). The summed E-state index contributed by atoms with van der Waals surface area (Å²) in [5.41, 5.74) is 0. The van der Waals surface area contributed by atoms with E-state index in [0.717, 1.165) is 19.0 Å². The van der Waals surface area contributed by atoms with E-state index in [-0.39, 0.29) is 11.8 Å². The summed E-state index contributed by atoms with van der Waals surface area (Å²) in [5.74, 6) is 1.11. The third kappa shape index (κ3) is 4.65. The summed E-state index contributed by atoms with van der Waals surface area (Å²) in [4.78, 5) is 11.3. The van der Waals surface area contributed by atoms with Gasteiger partial charge in [-0.2, -0.15) is 0 Å². The van der Waals surface area contributed by atoms with Crippen LogP contribution >= 0.6 is 0 Å². The molecule has 3 heteroatoms. The molecule has 15 heavy (non-hydrogen) atoms. The van der Waals surface area contributed by atoms with Crippen LogP contribution < -0.4 is 10.6 Å². The van der Waals surface area contributed by atoms with Crippen LogP contribution in [0, 0.1) is 11.8 Å². The number of carbonyl (C=O) groups is 1. The molecule has 1 rings (SSSR count). The van der Waals surface area contributed by atoms with Crippen LogP contribution in [0.1, 0.15) is 40.0 Å². The zero-order valence-corrected chi connectivity index (χ0v) is 10.2. The molecule has 0 aliphatic heterocycles. The zero-order valence-electron chi connectivity index (χ0n) is 10.2. The minimum atomic E-state index is 0.0940. The number of hydrogen-bond acceptors (Lipinski definition) is 2. The van der Waals surface area contributed by atoms with Gasteiger partial charge in [0.2, 0.25) is 5.91 Å². The van der Waals surface area contributed by atoms with Crippen LogP contribution in [0.3, 0.4) is 0 Å². The molecule has 0 spiro atoms. The predicted octanol–water partition coefficient (Wildman–Crippen LogP) is 1.54. The highest BCUT2D eigenvalue weighted by Crippen LogP contribution is 2.24. The Balaban J connectivity index is 2.00. The van der Waals surface area contributed by atoms with Gasteiger partial charge in [0, 0.05) is 25.0 Å². The monoisotopic (exact) mass is 212 g/mol. The summed E-state index contributed by atoms with van der Waals surface area (Å²) in [5, 5.41) is 6.41. The highest BCUT2D eigenvalue weighted by atomic mass is 16.1. The normalized spacial score (nSPS) is 25.9. The van der Waals surface area contributed by atoms with Gasteiger partial charge in [-0.3, -0.25) is 4.79 Å². The van der Waals surface area contributed by atoms with Gasteiger partial charge in [-0.1, -0.05) is 20.8 Å². The third-order valence-corrected chi connectivity index (χ3v) is 3.08. The van der Waals surface area contributed by atoms with Crippen molar-refractivity contribution in [1.82, 2.24) is 10.6 Å². The molecule has 0 aromatic heterocycles. The Morgan fingerprint density at radius 3 is 2.60 bits per heavy atom. The van der Waals surface area contributed by atoms with E-state index >= 15 is 0 Å². The lowest BCUT2D eigenvalue weighted by Crippen LogP contribution is -2.37. The molecule has 0 saturated heterocycles. The Morgan fingerprint density at radius 1 is 1.33 bits per heavy atom. The predicted molar refractivity (Wildman–Crippen MR) is 62.7 cm³/mol. The lowest BCUT2D eigenvalue weighted by atomic mass is 10.1. The summed E-state index contributed by atoms with van der Waals surface area (Å²) < 4.78 is 0. The second-order valence-electron chi connectivity index (χ2n) is 5.01. The van der Waals surface area contributed by atoms with Crippen molar-refractivity contribution in [2.24, 2.45) is 11.8 Å². The van der Waals surface area contributed by atoms with E-state index in [9.17, 15) is 4.79 Å². The Morgan fingerprint density at radius 2 is 2.07 bits per heavy atom. The van der Waals surface area contributed by atoms with Gasteiger partial charge in [0.1, 0.15) is 0 Å². The molecule has 0 aromatic carbocycles. The molecule has 0 radical (unpaired) electrons. The smallest absolute Gasteiger partial charge is 0.222 e. The summed E-state index contributed by atoms with van der Waals surface area (Å²) >= 11 is 0. The molecule has 1 aliphatic carbocycles. The van der Waals surface area contributed by atoms with Crippen molar-refractivity contribution >= 4 is 5.91 Å². The average molecular weight is 212 g/mol. The number of carbonyl (C=O) groups excluding carboxylic acids is 1. The molecule has 0 aromatic rings. The first kappa shape index (κ1) is 12.5. The molecule has 0 heterocycles. The summed E-state index contributed by atoms with van der Waals surface area (Å²) in [7, 11) is 0. The maximum absolute atomic E-state index is 11.3. The van der Waals surface area contributed by atoms with E-state index in [1.54, 1.807) is 0 Å². The summed E-state index contributed by atoms with van der Waals surface area (Å²) in [6, 6.07) is 0.677. The number of nitrogens with one attached hydrogen (secondary N) is 2. The third-order valence-electron chi connectivity index (χ3n) is 3.08. The van der Waals surface area contributed by atoms with Crippen molar-refractivity contribution in [1.29, 1.82) is 0 Å². The minimum Gasteiger partial charge on any atom is -0.355 e. The van der Waals surface area contributed by atoms with Crippen molar-refractivity contribution in [2.45, 2.75) is 46.1 Å². The number of amides is 1. The lowest BCUT2D eigenvalue weighted by Gasteiger charge is -2.13. The van der Waals surface area contributed by atoms with Crippen molar-refractivity contribution < 1.29 is 4.79 Å². The molecular weight excluding hydrogens is 188 g/mol. The highest BCUT2D eigenvalue weighted by Gasteiger charge is 2.20. The van der Waals surface area contributed by atoms with Crippen LogP contribution in [0.25, 0.3) is 0 Å². The molecule has 88 valence electrons. The molecule has 0 bridgehead atoms. The van der Waals surface area contributed by atoms with E-state index in [1.165, 1.54) is 19.3 Å². The molecular formula is C12H24N2O. The topological polar surface area (TPSA) is 41.1 Å². The molecule has 2 atom stereocenters. The summed E-state index contributed by atoms with van der Waals surface area (Å²) in [6.07, 6.45) is 3.92. The molecule has 1 fully saturated rings. The van der Waals surface area contributed by atoms with Crippen molar-refractivity contribution in [3.63, 3.8) is 0 Å². The SMILES string of the molecule is CC1CCC(NCCNC(=O)C(C)C)C1. The van der Waals surface area contributed by atoms with Crippen LogP contribution in [0.5, 0.6) is 0 Å². The molecule has 1 aliphatic rings. The Hall–Kier alpha value is -0.570. The van der Waals surface area contributed by atoms with E-state index in [1.807, 2.05) is 13.8 Å². The maximum atomic E-state index is 11.3. The van der Waals surface area contributed by atoms with E-state index < -0.39 is 0 Å². The second kappa shape index (κ2) is 6.11. The lowest BCUT2D eigenvalue weighted by molar-refractivity contribution is -0.123. The Bertz CT molecular complexity index is 204. The van der Waals surface area contributed by atoms with Gasteiger partial charge >= 0.3 is 0 Å². The largest absolute Gasteiger partial charge is 0.355 e. The van der Waals surface area contributed by atoms with Crippen molar-refractivity contribution in [3.05, 3.63) is 0 Å². The van der Waals surface area contributed by atoms with Crippen LogP contribution in [0.2, 0.25) is 0 Å². The molecule has 1 amide bonds. The molecule has 3 nitrogen and oxygen atoms in total. The Labute approximate surface area is 93.0 Å². The van der Waals surface area contributed by atoms with Gasteiger partial charge in [-0.05, 0) is 25.2 Å². The summed E-state index contributed by atoms with van der Waals surface area (Å²) in [6.45, 7) is 7.79. The van der Waals surface area contributed by atoms with E-state index in [4.69, 9.17) is 0 Å². The zero-order chi connectivity index (χ0) is 11.3. The fourth-order valence-corrected chi connectivity index (χ4v) is 2.06. The number of hydrogen-bond donors (Lipinski definition) is 2. The first-order valence-corrected chi connectivity index (χ1v) is 6.10. The van der Waals surface area contributed by atoms with Gasteiger partial charge in [0.15, 0.2) is 0 Å². The van der Waals surface area contributed by atoms with E-state index in [2.05, 4.69) is 17.6 Å². The van der Waals surface area contributed by atoms with Gasteiger partial charge < -0.3 is 10.6 Å². The van der Waals surface area contributed by atoms with Crippen LogP contribution in [-0.2, 0) is 4.79 Å². The van der Waals surface area contributed by atoms with Gasteiger partial charge in [0.25, 0.3) is 0 Å². The Kier molecular flexibility index (Phi) is 5.09. The van der Waals surface area contributed by atoms with Gasteiger partial charge in [0.05, 0.1) is 0 Å². The highest BCUT2D eigenvalue weighted by molar-refractivity contribution is 5.77. The number of rotatable bonds is 5. The first-order chi connectivity index (χ1) is 7.09. The van der Waals surface area contributed by atoms with Gasteiger partial charge in [-0.15, -0.1) is 0 Å². The van der Waals surface area contributed by atoms with Crippen molar-refractivity contribution in [3.8, 4) is 0 Å². The quantitative estimate of drug-likeness (QED) is 0.679. The maximum Gasteiger partial charge on any atom is 0.222 e. The minimum absolute atomic E-state index is 0.0940. The first-order valence-electron chi connectivity index (χ1n) is 6.10.